The van der Waals surface area contributed by atoms with Crippen LogP contribution in [0.4, 0.5) is 19.0 Å². The van der Waals surface area contributed by atoms with E-state index in [0.29, 0.717) is 5.76 Å². The maximum absolute atomic E-state index is 12.6. The van der Waals surface area contributed by atoms with Crippen molar-refractivity contribution < 1.29 is 32.0 Å². The molecule has 0 spiro atoms. The molecule has 0 aliphatic rings. The van der Waals surface area contributed by atoms with Gasteiger partial charge in [-0.25, -0.2) is 4.79 Å². The number of carbonyl (C=O) groups excluding carboxylic acids is 2. The number of rotatable bonds is 5. The Morgan fingerprint density at radius 3 is 2.65 bits per heavy atom. The zero-order valence-corrected chi connectivity index (χ0v) is 13.8. The van der Waals surface area contributed by atoms with Crippen LogP contribution in [0.15, 0.2) is 40.9 Å². The maximum Gasteiger partial charge on any atom is 0.416 e. The molecule has 0 radical (unpaired) electrons. The highest BCUT2D eigenvalue weighted by atomic mass is 19.4. The number of carbonyl (C=O) groups is 2. The lowest BCUT2D eigenvalue weighted by atomic mass is 10.1. The summed E-state index contributed by atoms with van der Waals surface area (Å²) in [5.41, 5.74) is -0.657. The first-order chi connectivity index (χ1) is 12.1. The Kier molecular flexibility index (Phi) is 5.81. The summed E-state index contributed by atoms with van der Waals surface area (Å²) in [5.74, 6) is -0.829. The van der Waals surface area contributed by atoms with E-state index in [2.05, 4.69) is 10.5 Å². The molecule has 0 aliphatic carbocycles. The molecule has 1 unspecified atom stereocenters. The van der Waals surface area contributed by atoms with Gasteiger partial charge in [0.15, 0.2) is 11.9 Å². The zero-order chi connectivity index (χ0) is 19.3. The number of nitrogens with zero attached hydrogens (tertiary/aromatic N) is 1. The minimum atomic E-state index is -4.48. The Labute approximate surface area is 146 Å². The Morgan fingerprint density at radius 2 is 2.04 bits per heavy atom. The topological polar surface area (TPSA) is 81.4 Å². The summed E-state index contributed by atoms with van der Waals surface area (Å²) in [6.07, 6.45) is -3.50. The molecule has 2 rings (SSSR count). The van der Waals surface area contributed by atoms with Crippen LogP contribution in [0.2, 0.25) is 0 Å². The van der Waals surface area contributed by atoms with Crippen LogP contribution >= 0.6 is 0 Å². The second-order valence-corrected chi connectivity index (χ2v) is 5.35. The van der Waals surface area contributed by atoms with Gasteiger partial charge < -0.3 is 14.6 Å². The molecule has 26 heavy (non-hydrogen) atoms. The van der Waals surface area contributed by atoms with Gasteiger partial charge in [-0.05, 0) is 37.6 Å². The van der Waals surface area contributed by atoms with Gasteiger partial charge in [0.1, 0.15) is 5.76 Å². The molecular weight excluding hydrogens is 353 g/mol. The summed E-state index contributed by atoms with van der Waals surface area (Å²) in [7, 11) is 0. The van der Waals surface area contributed by atoms with Crippen molar-refractivity contribution in [1.82, 2.24) is 5.16 Å². The number of aromatic nitrogens is 1. The number of hydrogen-bond donors (Lipinski definition) is 1. The van der Waals surface area contributed by atoms with E-state index in [0.717, 1.165) is 18.2 Å². The van der Waals surface area contributed by atoms with Gasteiger partial charge in [0.2, 0.25) is 0 Å². The molecule has 138 valence electrons. The van der Waals surface area contributed by atoms with Gasteiger partial charge in [-0.3, -0.25) is 4.79 Å². The highest BCUT2D eigenvalue weighted by molar-refractivity contribution is 5.96. The lowest BCUT2D eigenvalue weighted by Crippen LogP contribution is -2.29. The number of esters is 1. The summed E-state index contributed by atoms with van der Waals surface area (Å²) >= 11 is 0. The monoisotopic (exact) mass is 368 g/mol. The van der Waals surface area contributed by atoms with Gasteiger partial charge in [-0.1, -0.05) is 17.3 Å². The highest BCUT2D eigenvalue weighted by Gasteiger charge is 2.30. The van der Waals surface area contributed by atoms with Crippen molar-refractivity contribution in [3.8, 4) is 0 Å². The third kappa shape index (κ3) is 5.47. The van der Waals surface area contributed by atoms with Crippen molar-refractivity contribution in [2.24, 2.45) is 0 Å². The number of aryl methyl sites for hydroxylation is 1. The quantitative estimate of drug-likeness (QED) is 0.644. The standard InChI is InChI=1S/C17H15F3N2O4/c1-10-8-14(22-26-10)21-16(24)11(2)25-15(23)7-6-12-4-3-5-13(9-12)17(18,19)20/h3-9,11H,1-2H3,(H,21,22,24)/b7-6+. The predicted molar refractivity (Wildman–Crippen MR) is 85.9 cm³/mol. The first kappa shape index (κ1) is 19.2. The fourth-order valence-electron chi connectivity index (χ4n) is 1.90. The second-order valence-electron chi connectivity index (χ2n) is 5.35. The molecule has 0 bridgehead atoms. The average Bonchev–Trinajstić information content (AvgIpc) is 2.97. The SMILES string of the molecule is Cc1cc(NC(=O)C(C)OC(=O)/C=C/c2cccc(C(F)(F)F)c2)no1. The van der Waals surface area contributed by atoms with Crippen LogP contribution < -0.4 is 5.32 Å². The number of benzene rings is 1. The number of nitrogens with one attached hydrogen (secondary N) is 1. The number of alkyl halides is 3. The minimum Gasteiger partial charge on any atom is -0.449 e. The Bertz CT molecular complexity index is 827. The van der Waals surface area contributed by atoms with Crippen molar-refractivity contribution in [2.75, 3.05) is 5.32 Å². The Balaban J connectivity index is 1.93. The minimum absolute atomic E-state index is 0.173. The third-order valence-electron chi connectivity index (χ3n) is 3.17. The zero-order valence-electron chi connectivity index (χ0n) is 13.8. The summed E-state index contributed by atoms with van der Waals surface area (Å²) < 4.78 is 47.6. The third-order valence-corrected chi connectivity index (χ3v) is 3.17. The van der Waals surface area contributed by atoms with Crippen molar-refractivity contribution in [1.29, 1.82) is 0 Å². The molecule has 0 saturated heterocycles. The van der Waals surface area contributed by atoms with Crippen LogP contribution in [0.25, 0.3) is 6.08 Å². The lowest BCUT2D eigenvalue weighted by Gasteiger charge is -2.10. The fourth-order valence-corrected chi connectivity index (χ4v) is 1.90. The average molecular weight is 368 g/mol. The number of ether oxygens (including phenoxy) is 1. The van der Waals surface area contributed by atoms with Gasteiger partial charge in [0.25, 0.3) is 5.91 Å². The molecule has 6 nitrogen and oxygen atoms in total. The number of halogens is 3. The van der Waals surface area contributed by atoms with E-state index in [-0.39, 0.29) is 11.4 Å². The van der Waals surface area contributed by atoms with Crippen molar-refractivity contribution in [3.63, 3.8) is 0 Å². The predicted octanol–water partition coefficient (Wildman–Crippen LogP) is 3.59. The molecular formula is C17H15F3N2O4. The Morgan fingerprint density at radius 1 is 1.31 bits per heavy atom. The van der Waals surface area contributed by atoms with Crippen LogP contribution in [-0.2, 0) is 20.5 Å². The van der Waals surface area contributed by atoms with Gasteiger partial charge in [0, 0.05) is 12.1 Å². The molecule has 1 amide bonds. The maximum atomic E-state index is 12.6. The molecule has 1 heterocycles. The van der Waals surface area contributed by atoms with Crippen LogP contribution in [0.1, 0.15) is 23.8 Å². The van der Waals surface area contributed by atoms with E-state index in [1.807, 2.05) is 0 Å². The summed E-state index contributed by atoms with van der Waals surface area (Å²) in [6, 6.07) is 5.94. The summed E-state index contributed by atoms with van der Waals surface area (Å²) in [6.45, 7) is 2.99. The molecule has 0 saturated carbocycles. The molecule has 1 aromatic carbocycles. The van der Waals surface area contributed by atoms with Crippen LogP contribution in [-0.4, -0.2) is 23.1 Å². The largest absolute Gasteiger partial charge is 0.449 e. The first-order valence-electron chi connectivity index (χ1n) is 7.45. The van der Waals surface area contributed by atoms with Crippen LogP contribution in [0.3, 0.4) is 0 Å². The molecule has 1 N–H and O–H groups in total. The first-order valence-corrected chi connectivity index (χ1v) is 7.45. The lowest BCUT2D eigenvalue weighted by molar-refractivity contribution is -0.148. The van der Waals surface area contributed by atoms with E-state index < -0.39 is 29.7 Å². The van der Waals surface area contributed by atoms with Crippen molar-refractivity contribution >= 4 is 23.8 Å². The number of amides is 1. The van der Waals surface area contributed by atoms with Gasteiger partial charge in [0.05, 0.1) is 5.56 Å². The highest BCUT2D eigenvalue weighted by Crippen LogP contribution is 2.29. The van der Waals surface area contributed by atoms with E-state index in [4.69, 9.17) is 9.26 Å². The number of hydrogen-bond acceptors (Lipinski definition) is 5. The van der Waals surface area contributed by atoms with Crippen LogP contribution in [0, 0.1) is 6.92 Å². The smallest absolute Gasteiger partial charge is 0.416 e. The second kappa shape index (κ2) is 7.85. The van der Waals surface area contributed by atoms with Gasteiger partial charge in [-0.15, -0.1) is 0 Å². The summed E-state index contributed by atoms with van der Waals surface area (Å²) in [5, 5.41) is 5.96. The van der Waals surface area contributed by atoms with E-state index in [1.165, 1.54) is 31.2 Å². The molecule has 0 fully saturated rings. The molecule has 9 heteroatoms. The Hall–Kier alpha value is -3.10. The van der Waals surface area contributed by atoms with Crippen molar-refractivity contribution in [2.45, 2.75) is 26.1 Å². The molecule has 1 aromatic heterocycles. The molecule has 0 aliphatic heterocycles. The van der Waals surface area contributed by atoms with Gasteiger partial charge in [-0.2, -0.15) is 13.2 Å². The van der Waals surface area contributed by atoms with E-state index in [9.17, 15) is 22.8 Å². The van der Waals surface area contributed by atoms with E-state index in [1.54, 1.807) is 6.92 Å². The van der Waals surface area contributed by atoms with Crippen molar-refractivity contribution in [3.05, 3.63) is 53.3 Å². The van der Waals surface area contributed by atoms with Gasteiger partial charge >= 0.3 is 12.1 Å². The van der Waals surface area contributed by atoms with E-state index >= 15 is 0 Å². The number of anilines is 1. The molecule has 2 aromatic rings. The van der Waals surface area contributed by atoms with Crippen LogP contribution in [0.5, 0.6) is 0 Å². The fraction of sp³-hybridized carbons (Fsp3) is 0.235. The molecule has 1 atom stereocenters. The normalized spacial score (nSPS) is 12.8. The summed E-state index contributed by atoms with van der Waals surface area (Å²) in [4.78, 5) is 23.6.